The first kappa shape index (κ1) is 12.8. The Kier molecular flexibility index (Phi) is 4.15. The van der Waals surface area contributed by atoms with Crippen LogP contribution in [0.3, 0.4) is 0 Å². The van der Waals surface area contributed by atoms with Crippen LogP contribution in [0.2, 0.25) is 5.02 Å². The Labute approximate surface area is 111 Å². The lowest BCUT2D eigenvalue weighted by Crippen LogP contribution is -2.11. The first-order valence-electron chi connectivity index (χ1n) is 5.83. The van der Waals surface area contributed by atoms with Gasteiger partial charge in [0.25, 0.3) is 0 Å². The predicted molar refractivity (Wildman–Crippen MR) is 72.3 cm³/mol. The summed E-state index contributed by atoms with van der Waals surface area (Å²) in [5.41, 5.74) is 1.07. The van der Waals surface area contributed by atoms with Gasteiger partial charge in [0.1, 0.15) is 5.82 Å². The summed E-state index contributed by atoms with van der Waals surface area (Å²) in [7, 11) is 0. The molecule has 4 heteroatoms. The number of hydrogen-bond acceptors (Lipinski definition) is 2. The lowest BCUT2D eigenvalue weighted by Gasteiger charge is -2.18. The van der Waals surface area contributed by atoms with E-state index in [1.165, 1.54) is 6.07 Å². The van der Waals surface area contributed by atoms with Crippen LogP contribution in [0.5, 0.6) is 0 Å². The number of nitrogens with zero attached hydrogens (tertiary/aromatic N) is 1. The number of hydrogen-bond donors (Lipinski definition) is 1. The molecule has 0 bridgehead atoms. The zero-order valence-electron chi connectivity index (χ0n) is 10.0. The molecule has 0 amide bonds. The summed E-state index contributed by atoms with van der Waals surface area (Å²) >= 11 is 5.97. The van der Waals surface area contributed by atoms with Gasteiger partial charge in [-0.2, -0.15) is 4.39 Å². The molecule has 0 radical (unpaired) electrons. The highest BCUT2D eigenvalue weighted by Crippen LogP contribution is 2.23. The van der Waals surface area contributed by atoms with E-state index in [2.05, 4.69) is 17.2 Å². The topological polar surface area (TPSA) is 24.9 Å². The maximum Gasteiger partial charge on any atom is 0.214 e. The number of nitrogens with one attached hydrogen (secondary N) is 1. The SMILES string of the molecule is CCC(Nc1cccc(F)n1)c1cccc(Cl)c1. The fourth-order valence-corrected chi connectivity index (χ4v) is 2.01. The van der Waals surface area contributed by atoms with Crippen LogP contribution in [-0.4, -0.2) is 4.98 Å². The van der Waals surface area contributed by atoms with Crippen molar-refractivity contribution in [2.45, 2.75) is 19.4 Å². The molecule has 0 saturated carbocycles. The van der Waals surface area contributed by atoms with Crippen molar-refractivity contribution in [2.24, 2.45) is 0 Å². The molecule has 2 rings (SSSR count). The minimum absolute atomic E-state index is 0.0676. The van der Waals surface area contributed by atoms with Gasteiger partial charge in [-0.25, -0.2) is 4.98 Å². The zero-order chi connectivity index (χ0) is 13.0. The highest BCUT2D eigenvalue weighted by atomic mass is 35.5. The second-order valence-corrected chi connectivity index (χ2v) is 4.44. The standard InChI is InChI=1S/C14H14ClFN2/c1-2-12(10-5-3-6-11(15)9-10)17-14-8-4-7-13(16)18-14/h3-9,12H,2H2,1H3,(H,17,18). The van der Waals surface area contributed by atoms with E-state index in [0.717, 1.165) is 12.0 Å². The normalized spacial score (nSPS) is 12.2. The Morgan fingerprint density at radius 1 is 1.28 bits per heavy atom. The number of pyridine rings is 1. The molecule has 2 aromatic rings. The number of benzene rings is 1. The molecule has 94 valence electrons. The van der Waals surface area contributed by atoms with Crippen LogP contribution < -0.4 is 5.32 Å². The van der Waals surface area contributed by atoms with Gasteiger partial charge in [-0.15, -0.1) is 0 Å². The summed E-state index contributed by atoms with van der Waals surface area (Å²) in [5, 5.41) is 3.90. The third kappa shape index (κ3) is 3.20. The minimum Gasteiger partial charge on any atom is -0.363 e. The molecule has 18 heavy (non-hydrogen) atoms. The van der Waals surface area contributed by atoms with E-state index in [1.807, 2.05) is 24.3 Å². The summed E-state index contributed by atoms with van der Waals surface area (Å²) in [6, 6.07) is 12.4. The molecule has 0 spiro atoms. The number of rotatable bonds is 4. The fourth-order valence-electron chi connectivity index (χ4n) is 1.81. The van der Waals surface area contributed by atoms with Crippen molar-refractivity contribution in [1.82, 2.24) is 4.98 Å². The van der Waals surface area contributed by atoms with E-state index in [0.29, 0.717) is 10.8 Å². The van der Waals surface area contributed by atoms with Gasteiger partial charge in [0.2, 0.25) is 5.95 Å². The smallest absolute Gasteiger partial charge is 0.214 e. The van der Waals surface area contributed by atoms with E-state index in [4.69, 9.17) is 11.6 Å². The molecule has 1 N–H and O–H groups in total. The molecule has 1 aromatic carbocycles. The largest absolute Gasteiger partial charge is 0.363 e. The average molecular weight is 265 g/mol. The molecule has 1 atom stereocenters. The number of anilines is 1. The summed E-state index contributed by atoms with van der Waals surface area (Å²) in [6.07, 6.45) is 0.860. The van der Waals surface area contributed by atoms with E-state index in [9.17, 15) is 4.39 Å². The lowest BCUT2D eigenvalue weighted by atomic mass is 10.0. The van der Waals surface area contributed by atoms with Crippen LogP contribution in [0.15, 0.2) is 42.5 Å². The van der Waals surface area contributed by atoms with E-state index in [1.54, 1.807) is 12.1 Å². The third-order valence-electron chi connectivity index (χ3n) is 2.70. The van der Waals surface area contributed by atoms with Crippen molar-refractivity contribution in [2.75, 3.05) is 5.32 Å². The molecule has 1 aromatic heterocycles. The molecular weight excluding hydrogens is 251 g/mol. The van der Waals surface area contributed by atoms with Gasteiger partial charge < -0.3 is 5.32 Å². The number of halogens is 2. The van der Waals surface area contributed by atoms with Crippen molar-refractivity contribution in [3.8, 4) is 0 Å². The maximum absolute atomic E-state index is 13.0. The summed E-state index contributed by atoms with van der Waals surface area (Å²) < 4.78 is 13.0. The van der Waals surface area contributed by atoms with Gasteiger partial charge in [-0.1, -0.05) is 36.7 Å². The maximum atomic E-state index is 13.0. The van der Waals surface area contributed by atoms with Gasteiger partial charge in [0.05, 0.1) is 6.04 Å². The Hall–Kier alpha value is -1.61. The second-order valence-electron chi connectivity index (χ2n) is 4.01. The minimum atomic E-state index is -0.485. The van der Waals surface area contributed by atoms with E-state index >= 15 is 0 Å². The molecule has 1 heterocycles. The zero-order valence-corrected chi connectivity index (χ0v) is 10.8. The van der Waals surface area contributed by atoms with Crippen molar-refractivity contribution < 1.29 is 4.39 Å². The summed E-state index contributed by atoms with van der Waals surface area (Å²) in [6.45, 7) is 2.05. The molecule has 0 aliphatic rings. The second kappa shape index (κ2) is 5.83. The van der Waals surface area contributed by atoms with Gasteiger partial charge in [0.15, 0.2) is 0 Å². The van der Waals surface area contributed by atoms with Crippen LogP contribution in [0.4, 0.5) is 10.2 Å². The van der Waals surface area contributed by atoms with Gasteiger partial charge >= 0.3 is 0 Å². The quantitative estimate of drug-likeness (QED) is 0.826. The Bertz CT molecular complexity index is 531. The van der Waals surface area contributed by atoms with Crippen LogP contribution >= 0.6 is 11.6 Å². The van der Waals surface area contributed by atoms with Crippen molar-refractivity contribution in [1.29, 1.82) is 0 Å². The van der Waals surface area contributed by atoms with Crippen LogP contribution in [-0.2, 0) is 0 Å². The highest BCUT2D eigenvalue weighted by molar-refractivity contribution is 6.30. The van der Waals surface area contributed by atoms with Gasteiger partial charge in [0, 0.05) is 5.02 Å². The fraction of sp³-hybridized carbons (Fsp3) is 0.214. The van der Waals surface area contributed by atoms with E-state index < -0.39 is 5.95 Å². The van der Waals surface area contributed by atoms with Crippen molar-refractivity contribution in [3.63, 3.8) is 0 Å². The number of aromatic nitrogens is 1. The first-order valence-corrected chi connectivity index (χ1v) is 6.21. The van der Waals surface area contributed by atoms with Crippen LogP contribution in [0.1, 0.15) is 24.9 Å². The monoisotopic (exact) mass is 264 g/mol. The molecule has 1 unspecified atom stereocenters. The molecule has 0 saturated heterocycles. The van der Waals surface area contributed by atoms with Gasteiger partial charge in [-0.3, -0.25) is 0 Å². The van der Waals surface area contributed by atoms with Crippen molar-refractivity contribution in [3.05, 3.63) is 59.0 Å². The first-order chi connectivity index (χ1) is 8.69. The molecule has 0 aliphatic carbocycles. The van der Waals surface area contributed by atoms with Crippen molar-refractivity contribution >= 4 is 17.4 Å². The Morgan fingerprint density at radius 3 is 2.72 bits per heavy atom. The average Bonchev–Trinajstić information content (AvgIpc) is 2.36. The summed E-state index contributed by atoms with van der Waals surface area (Å²) in [4.78, 5) is 3.80. The van der Waals surface area contributed by atoms with Crippen LogP contribution in [0, 0.1) is 5.95 Å². The van der Waals surface area contributed by atoms with Crippen LogP contribution in [0.25, 0.3) is 0 Å². The Balaban J connectivity index is 2.19. The highest BCUT2D eigenvalue weighted by Gasteiger charge is 2.10. The van der Waals surface area contributed by atoms with Gasteiger partial charge in [-0.05, 0) is 36.2 Å². The van der Waals surface area contributed by atoms with E-state index in [-0.39, 0.29) is 6.04 Å². The molecule has 0 fully saturated rings. The lowest BCUT2D eigenvalue weighted by molar-refractivity contribution is 0.583. The Morgan fingerprint density at radius 2 is 2.06 bits per heavy atom. The molecule has 0 aliphatic heterocycles. The molecular formula is C14H14ClFN2. The predicted octanol–water partition coefficient (Wildman–Crippen LogP) is 4.44. The third-order valence-corrected chi connectivity index (χ3v) is 2.93. The summed E-state index contributed by atoms with van der Waals surface area (Å²) in [5.74, 6) is 0.0442. The molecule has 2 nitrogen and oxygen atoms in total.